The van der Waals surface area contributed by atoms with Crippen LogP contribution in [0.4, 0.5) is 20.2 Å². The van der Waals surface area contributed by atoms with Gasteiger partial charge >= 0.3 is 0 Å². The number of rotatable bonds is 4. The molecule has 0 aliphatic rings. The number of carbonyl (C=O) groups is 3. The van der Waals surface area contributed by atoms with Crippen molar-refractivity contribution in [2.45, 2.75) is 53.0 Å². The summed E-state index contributed by atoms with van der Waals surface area (Å²) in [5, 5.41) is 15.8. The maximum atomic E-state index is 13.6. The third kappa shape index (κ3) is 17.0. The van der Waals surface area contributed by atoms with E-state index in [1.54, 1.807) is 19.9 Å². The second kappa shape index (κ2) is 17.3. The molecule has 0 spiro atoms. The second-order valence-electron chi connectivity index (χ2n) is 9.66. The zero-order valence-electron chi connectivity index (χ0n) is 23.9. The zero-order chi connectivity index (χ0) is 31.0. The molecule has 0 aliphatic carbocycles. The smallest absolute Gasteiger partial charge is 0.299 e. The lowest BCUT2D eigenvalue weighted by Gasteiger charge is -2.15. The van der Waals surface area contributed by atoms with E-state index >= 15 is 0 Å². The van der Waals surface area contributed by atoms with Crippen molar-refractivity contribution in [3.63, 3.8) is 0 Å². The minimum absolute atomic E-state index is 0.00620. The summed E-state index contributed by atoms with van der Waals surface area (Å²) < 4.78 is 26.5. The molecule has 0 aliphatic heterocycles. The lowest BCUT2D eigenvalue weighted by Crippen LogP contribution is -2.26. The molecule has 0 radical (unpaired) electrons. The standard InChI is InChI=1S/C12H14FN3O.C8H9FN2O.C4H9NSi.C3H6O/c1-12(2,15-4)16-8-5-6-9(10(13)7-8)11(17)14-3;1-11-8(12)6-3-2-5(10)4-7(6)9;1-6(2,3)4-5;1-3(2)4/h5-7,16H,1-3H3,(H,14,17);2-4H,10H2,1H3,(H,11,12);1-3H3;1-2H3. The first-order valence-corrected chi connectivity index (χ1v) is 15.2. The van der Waals surface area contributed by atoms with Crippen LogP contribution in [0.3, 0.4) is 0 Å². The summed E-state index contributed by atoms with van der Waals surface area (Å²) in [6.07, 6.45) is 0. The van der Waals surface area contributed by atoms with Gasteiger partial charge in [0, 0.05) is 45.0 Å². The summed E-state index contributed by atoms with van der Waals surface area (Å²) in [4.78, 5) is 35.0. The van der Waals surface area contributed by atoms with Crippen molar-refractivity contribution in [1.29, 1.82) is 5.26 Å². The average molecular weight is 561 g/mol. The van der Waals surface area contributed by atoms with Gasteiger partial charge in [-0.3, -0.25) is 14.4 Å². The van der Waals surface area contributed by atoms with Gasteiger partial charge in [0.15, 0.2) is 8.07 Å². The van der Waals surface area contributed by atoms with E-state index in [4.69, 9.17) is 17.6 Å². The highest BCUT2D eigenvalue weighted by molar-refractivity contribution is 6.83. The summed E-state index contributed by atoms with van der Waals surface area (Å²) >= 11 is 0. The van der Waals surface area contributed by atoms with Crippen LogP contribution >= 0.6 is 0 Å². The van der Waals surface area contributed by atoms with Gasteiger partial charge in [-0.05, 0) is 50.2 Å². The lowest BCUT2D eigenvalue weighted by molar-refractivity contribution is -0.115. The highest BCUT2D eigenvalue weighted by atomic mass is 28.3. The summed E-state index contributed by atoms with van der Waals surface area (Å²) in [7, 11) is 1.56. The number of nitrogens with one attached hydrogen (secondary N) is 3. The predicted molar refractivity (Wildman–Crippen MR) is 154 cm³/mol. The summed E-state index contributed by atoms with van der Waals surface area (Å²) in [6, 6.07) is 8.11. The van der Waals surface area contributed by atoms with Crippen molar-refractivity contribution in [2.24, 2.45) is 0 Å². The van der Waals surface area contributed by atoms with Crippen LogP contribution in [0.5, 0.6) is 0 Å². The molecule has 0 fully saturated rings. The molecule has 2 amide bonds. The van der Waals surface area contributed by atoms with Crippen molar-refractivity contribution in [3.05, 3.63) is 70.6 Å². The van der Waals surface area contributed by atoms with Gasteiger partial charge in [-0.25, -0.2) is 20.6 Å². The molecule has 9 nitrogen and oxygen atoms in total. The predicted octanol–water partition coefficient (Wildman–Crippen LogP) is 5.00. The van der Waals surface area contributed by atoms with Crippen LogP contribution in [0.2, 0.25) is 19.6 Å². The molecule has 2 aromatic rings. The number of nitrogen functional groups attached to an aromatic ring is 1. The van der Waals surface area contributed by atoms with Gasteiger partial charge in [-0.15, -0.1) is 0 Å². The Morgan fingerprint density at radius 1 is 0.949 bits per heavy atom. The van der Waals surface area contributed by atoms with Crippen LogP contribution in [0.25, 0.3) is 4.85 Å². The van der Waals surface area contributed by atoms with Gasteiger partial charge in [0.2, 0.25) is 0 Å². The quantitative estimate of drug-likeness (QED) is 0.236. The number of nitrogens with two attached hydrogens (primary N) is 1. The third-order valence-electron chi connectivity index (χ3n) is 3.97. The van der Waals surface area contributed by atoms with E-state index in [9.17, 15) is 23.2 Å². The minimum atomic E-state index is -1.33. The average Bonchev–Trinajstić information content (AvgIpc) is 2.83. The molecule has 0 bridgehead atoms. The summed E-state index contributed by atoms with van der Waals surface area (Å²) in [5.41, 5.74) is 7.50. The number of hydrogen-bond acceptors (Lipinski definition) is 6. The Labute approximate surface area is 230 Å². The number of amides is 2. The van der Waals surface area contributed by atoms with Gasteiger partial charge in [0.05, 0.1) is 11.1 Å². The fourth-order valence-electron chi connectivity index (χ4n) is 2.14. The molecule has 0 saturated carbocycles. The number of Topliss-reactive ketones (excluding diaryl/α,β-unsaturated/α-hetero) is 1. The fraction of sp³-hybridized carbons (Fsp3) is 0.370. The van der Waals surface area contributed by atoms with Gasteiger partial charge in [-0.2, -0.15) is 0 Å². The number of hydrogen-bond donors (Lipinski definition) is 4. The monoisotopic (exact) mass is 560 g/mol. The highest BCUT2D eigenvalue weighted by Crippen LogP contribution is 2.19. The molecule has 0 atom stereocenters. The summed E-state index contributed by atoms with van der Waals surface area (Å²) in [5.74, 6) is -1.98. The Morgan fingerprint density at radius 3 is 1.64 bits per heavy atom. The van der Waals surface area contributed by atoms with E-state index in [0.29, 0.717) is 11.4 Å². The molecule has 2 aromatic carbocycles. The van der Waals surface area contributed by atoms with Gasteiger partial charge in [0.1, 0.15) is 17.4 Å². The Balaban J connectivity index is 0. The minimum Gasteiger partial charge on any atom is -0.399 e. The van der Waals surface area contributed by atoms with Crippen molar-refractivity contribution in [2.75, 3.05) is 25.1 Å². The second-order valence-corrected chi connectivity index (χ2v) is 14.4. The Hall–Kier alpha value is -4.29. The lowest BCUT2D eigenvalue weighted by atomic mass is 10.1. The number of carbonyl (C=O) groups excluding carboxylic acids is 3. The molecular formula is C27H38F2N6O3Si. The number of halogens is 2. The number of ketones is 1. The highest BCUT2D eigenvalue weighted by Gasteiger charge is 2.22. The molecule has 0 aromatic heterocycles. The Kier molecular flexibility index (Phi) is 16.3. The van der Waals surface area contributed by atoms with E-state index in [-0.39, 0.29) is 16.9 Å². The van der Waals surface area contributed by atoms with E-state index in [0.717, 1.165) is 6.07 Å². The third-order valence-corrected chi connectivity index (χ3v) is 4.64. The fourth-order valence-corrected chi connectivity index (χ4v) is 2.14. The first-order chi connectivity index (χ1) is 17.8. The maximum Gasteiger partial charge on any atom is 0.299 e. The molecule has 5 N–H and O–H groups in total. The first-order valence-electron chi connectivity index (χ1n) is 11.7. The van der Waals surface area contributed by atoms with E-state index < -0.39 is 37.2 Å². The van der Waals surface area contributed by atoms with Crippen LogP contribution in [-0.2, 0) is 4.79 Å². The molecule has 0 unspecified atom stereocenters. The summed E-state index contributed by atoms with van der Waals surface area (Å²) in [6.45, 7) is 19.4. The van der Waals surface area contributed by atoms with Crippen LogP contribution in [0, 0.1) is 29.2 Å². The molecular weight excluding hydrogens is 522 g/mol. The number of benzene rings is 2. The van der Waals surface area contributed by atoms with Crippen LogP contribution in [0.15, 0.2) is 36.4 Å². The van der Waals surface area contributed by atoms with Crippen LogP contribution in [0.1, 0.15) is 48.4 Å². The largest absolute Gasteiger partial charge is 0.399 e. The zero-order valence-corrected chi connectivity index (χ0v) is 24.9. The molecule has 0 saturated heterocycles. The Bertz CT molecular complexity index is 1210. The van der Waals surface area contributed by atoms with Crippen LogP contribution in [-0.4, -0.2) is 45.4 Å². The number of nitrogens with zero attached hydrogens (tertiary/aromatic N) is 2. The maximum absolute atomic E-state index is 13.6. The van der Waals surface area contributed by atoms with Crippen LogP contribution < -0.4 is 21.7 Å². The van der Waals surface area contributed by atoms with Gasteiger partial charge < -0.3 is 26.5 Å². The molecule has 2 rings (SSSR count). The first kappa shape index (κ1) is 36.9. The van der Waals surface area contributed by atoms with Crippen molar-refractivity contribution in [3.8, 4) is 5.69 Å². The number of nitriles is 1. The van der Waals surface area contributed by atoms with E-state index in [1.807, 2.05) is 19.6 Å². The van der Waals surface area contributed by atoms with E-state index in [2.05, 4.69) is 26.5 Å². The van der Waals surface area contributed by atoms with Gasteiger partial charge in [-0.1, -0.05) is 19.6 Å². The normalized spacial score (nSPS) is 9.77. The molecule has 39 heavy (non-hydrogen) atoms. The topological polar surface area (TPSA) is 141 Å². The van der Waals surface area contributed by atoms with Crippen molar-refractivity contribution in [1.82, 2.24) is 10.6 Å². The number of anilines is 2. The molecule has 212 valence electrons. The Morgan fingerprint density at radius 2 is 1.33 bits per heavy atom. The molecule has 0 heterocycles. The van der Waals surface area contributed by atoms with E-state index in [1.165, 1.54) is 52.2 Å². The molecule has 12 heteroatoms. The van der Waals surface area contributed by atoms with Crippen molar-refractivity contribution >= 4 is 37.0 Å². The SMILES string of the molecule is CC(C)=O.CNC(=O)c1ccc(N)cc1F.C[Si](C)(C)C#N.[C-]#[N+]C(C)(C)Nc1ccc(C(=O)NC)c(F)c1. The van der Waals surface area contributed by atoms with Gasteiger partial charge in [0.25, 0.3) is 17.5 Å². The van der Waals surface area contributed by atoms with Crippen molar-refractivity contribution < 1.29 is 23.2 Å².